The number of aliphatic hydroxyl groups excluding tert-OH is 1. The van der Waals surface area contributed by atoms with Gasteiger partial charge >= 0.3 is 0 Å². The van der Waals surface area contributed by atoms with Crippen LogP contribution in [0.3, 0.4) is 0 Å². The van der Waals surface area contributed by atoms with Crippen LogP contribution in [0, 0.1) is 5.82 Å². The summed E-state index contributed by atoms with van der Waals surface area (Å²) in [5.41, 5.74) is -1.18. The van der Waals surface area contributed by atoms with Gasteiger partial charge in [0, 0.05) is 5.39 Å². The SMILES string of the molecule is OC(Cl)c1sc2c(F)cccc2c1Cl. The van der Waals surface area contributed by atoms with Gasteiger partial charge in [0.15, 0.2) is 5.56 Å². The molecule has 1 heterocycles. The van der Waals surface area contributed by atoms with Crippen LogP contribution in [0.5, 0.6) is 0 Å². The maximum atomic E-state index is 13.3. The zero-order valence-electron chi connectivity index (χ0n) is 6.80. The number of fused-ring (bicyclic) bond motifs is 1. The highest BCUT2D eigenvalue weighted by atomic mass is 35.5. The van der Waals surface area contributed by atoms with Crippen LogP contribution in [-0.2, 0) is 0 Å². The van der Waals surface area contributed by atoms with Crippen molar-refractivity contribution in [1.82, 2.24) is 0 Å². The average molecular weight is 251 g/mol. The van der Waals surface area contributed by atoms with Crippen LogP contribution in [0.25, 0.3) is 10.1 Å². The van der Waals surface area contributed by atoms with Crippen molar-refractivity contribution in [3.8, 4) is 0 Å². The van der Waals surface area contributed by atoms with E-state index in [1.165, 1.54) is 6.07 Å². The molecule has 1 nitrogen and oxygen atoms in total. The topological polar surface area (TPSA) is 20.2 Å². The van der Waals surface area contributed by atoms with Gasteiger partial charge in [-0.2, -0.15) is 0 Å². The van der Waals surface area contributed by atoms with E-state index in [1.807, 2.05) is 0 Å². The molecular formula is C9H5Cl2FOS. The summed E-state index contributed by atoms with van der Waals surface area (Å²) in [7, 11) is 0. The second-order valence-electron chi connectivity index (χ2n) is 2.73. The molecule has 14 heavy (non-hydrogen) atoms. The summed E-state index contributed by atoms with van der Waals surface area (Å²) in [4.78, 5) is 0.383. The van der Waals surface area contributed by atoms with Crippen molar-refractivity contribution in [3.05, 3.63) is 33.9 Å². The van der Waals surface area contributed by atoms with E-state index in [0.717, 1.165) is 11.3 Å². The van der Waals surface area contributed by atoms with Crippen molar-refractivity contribution in [3.63, 3.8) is 0 Å². The molecule has 0 radical (unpaired) electrons. The fourth-order valence-corrected chi connectivity index (χ4v) is 2.92. The van der Waals surface area contributed by atoms with Crippen molar-refractivity contribution in [2.45, 2.75) is 5.56 Å². The minimum atomic E-state index is -1.18. The molecule has 0 aliphatic carbocycles. The molecule has 1 N–H and O–H groups in total. The van der Waals surface area contributed by atoms with Crippen molar-refractivity contribution < 1.29 is 9.50 Å². The van der Waals surface area contributed by atoms with Gasteiger partial charge in [0.05, 0.1) is 14.6 Å². The number of hydrogen-bond acceptors (Lipinski definition) is 2. The monoisotopic (exact) mass is 250 g/mol. The second kappa shape index (κ2) is 3.66. The lowest BCUT2D eigenvalue weighted by atomic mass is 10.2. The molecule has 1 unspecified atom stereocenters. The van der Waals surface area contributed by atoms with Crippen LogP contribution < -0.4 is 0 Å². The fourth-order valence-electron chi connectivity index (χ4n) is 1.23. The highest BCUT2D eigenvalue weighted by molar-refractivity contribution is 7.20. The maximum Gasteiger partial charge on any atom is 0.164 e. The van der Waals surface area contributed by atoms with Gasteiger partial charge in [-0.3, -0.25) is 0 Å². The Hall–Kier alpha value is -0.350. The van der Waals surface area contributed by atoms with Gasteiger partial charge in [-0.15, -0.1) is 11.3 Å². The number of hydrogen-bond donors (Lipinski definition) is 1. The molecule has 2 aromatic rings. The maximum absolute atomic E-state index is 13.3. The van der Waals surface area contributed by atoms with E-state index in [4.69, 9.17) is 28.3 Å². The van der Waals surface area contributed by atoms with Gasteiger partial charge in [-0.1, -0.05) is 35.3 Å². The Balaban J connectivity index is 2.80. The van der Waals surface area contributed by atoms with E-state index >= 15 is 0 Å². The van der Waals surface area contributed by atoms with Crippen LogP contribution in [0.2, 0.25) is 5.02 Å². The largest absolute Gasteiger partial charge is 0.373 e. The number of halogens is 3. The Bertz CT molecular complexity index is 481. The van der Waals surface area contributed by atoms with Crippen LogP contribution in [0.4, 0.5) is 4.39 Å². The number of rotatable bonds is 1. The van der Waals surface area contributed by atoms with Crippen molar-refractivity contribution >= 4 is 44.6 Å². The first-order valence-electron chi connectivity index (χ1n) is 3.80. The first-order valence-corrected chi connectivity index (χ1v) is 5.43. The molecular weight excluding hydrogens is 246 g/mol. The quantitative estimate of drug-likeness (QED) is 0.761. The lowest BCUT2D eigenvalue weighted by molar-refractivity contribution is 0.267. The summed E-state index contributed by atoms with van der Waals surface area (Å²) in [6.45, 7) is 0. The van der Waals surface area contributed by atoms with Crippen molar-refractivity contribution in [2.24, 2.45) is 0 Å². The van der Waals surface area contributed by atoms with E-state index in [9.17, 15) is 4.39 Å². The van der Waals surface area contributed by atoms with E-state index < -0.39 is 5.56 Å². The summed E-state index contributed by atoms with van der Waals surface area (Å²) in [5, 5.41) is 10.1. The van der Waals surface area contributed by atoms with Gasteiger partial charge < -0.3 is 5.11 Å². The molecule has 1 aromatic heterocycles. The summed E-state index contributed by atoms with van der Waals surface area (Å²) >= 11 is 12.5. The first-order chi connectivity index (χ1) is 6.61. The highest BCUT2D eigenvalue weighted by Crippen LogP contribution is 2.40. The van der Waals surface area contributed by atoms with Crippen LogP contribution >= 0.6 is 34.5 Å². The Morgan fingerprint density at radius 2 is 2.14 bits per heavy atom. The van der Waals surface area contributed by atoms with Gasteiger partial charge in [0.25, 0.3) is 0 Å². The van der Waals surface area contributed by atoms with E-state index in [1.54, 1.807) is 12.1 Å². The zero-order valence-corrected chi connectivity index (χ0v) is 9.13. The number of thiophene rings is 1. The lowest BCUT2D eigenvalue weighted by Crippen LogP contribution is -1.81. The summed E-state index contributed by atoms with van der Waals surface area (Å²) in [6, 6.07) is 4.61. The highest BCUT2D eigenvalue weighted by Gasteiger charge is 2.17. The molecule has 1 aromatic carbocycles. The van der Waals surface area contributed by atoms with E-state index in [0.29, 0.717) is 20.0 Å². The molecule has 0 spiro atoms. The molecule has 0 bridgehead atoms. The van der Waals surface area contributed by atoms with Crippen LogP contribution in [0.1, 0.15) is 10.4 Å². The Kier molecular flexibility index (Phi) is 2.66. The molecule has 0 saturated carbocycles. The Morgan fingerprint density at radius 3 is 2.71 bits per heavy atom. The molecule has 0 saturated heterocycles. The van der Waals surface area contributed by atoms with E-state index in [2.05, 4.69) is 0 Å². The van der Waals surface area contributed by atoms with Gasteiger partial charge in [-0.05, 0) is 6.07 Å². The molecule has 0 aliphatic heterocycles. The molecule has 2 rings (SSSR count). The first kappa shape index (κ1) is 10.2. The average Bonchev–Trinajstić information content (AvgIpc) is 2.46. The molecule has 0 fully saturated rings. The zero-order chi connectivity index (χ0) is 10.3. The fraction of sp³-hybridized carbons (Fsp3) is 0.111. The molecule has 74 valence electrons. The van der Waals surface area contributed by atoms with Crippen molar-refractivity contribution in [1.29, 1.82) is 0 Å². The summed E-state index contributed by atoms with van der Waals surface area (Å²) < 4.78 is 13.7. The smallest absolute Gasteiger partial charge is 0.164 e. The minimum absolute atomic E-state index is 0.326. The summed E-state index contributed by atoms with van der Waals surface area (Å²) in [6.07, 6.45) is 0. The van der Waals surface area contributed by atoms with Gasteiger partial charge in [0.2, 0.25) is 0 Å². The second-order valence-corrected chi connectivity index (χ2v) is 4.58. The number of aliphatic hydroxyl groups is 1. The normalized spacial score (nSPS) is 13.4. The van der Waals surface area contributed by atoms with Crippen LogP contribution in [-0.4, -0.2) is 5.11 Å². The van der Waals surface area contributed by atoms with E-state index in [-0.39, 0.29) is 5.82 Å². The van der Waals surface area contributed by atoms with Gasteiger partial charge in [0.1, 0.15) is 5.82 Å². The lowest BCUT2D eigenvalue weighted by Gasteiger charge is -1.96. The number of benzene rings is 1. The molecule has 0 amide bonds. The summed E-state index contributed by atoms with van der Waals surface area (Å²) in [5.74, 6) is -0.349. The Labute approximate surface area is 93.7 Å². The van der Waals surface area contributed by atoms with Gasteiger partial charge in [-0.25, -0.2) is 4.39 Å². The third-order valence-electron chi connectivity index (χ3n) is 1.85. The molecule has 0 aliphatic rings. The third-order valence-corrected chi connectivity index (χ3v) is 3.98. The van der Waals surface area contributed by atoms with Crippen LogP contribution in [0.15, 0.2) is 18.2 Å². The third kappa shape index (κ3) is 1.50. The van der Waals surface area contributed by atoms with Crippen molar-refractivity contribution in [2.75, 3.05) is 0 Å². The minimum Gasteiger partial charge on any atom is -0.373 e. The predicted octanol–water partition coefficient (Wildman–Crippen LogP) is 3.92. The molecule has 5 heteroatoms. The Morgan fingerprint density at radius 1 is 1.43 bits per heavy atom. The number of alkyl halides is 1. The standard InChI is InChI=1S/C9H5Cl2FOS/c10-6-4-2-1-3-5(12)7(4)14-8(6)9(11)13/h1-3,9,13H. The predicted molar refractivity (Wildman–Crippen MR) is 57.6 cm³/mol. The molecule has 1 atom stereocenters.